The third kappa shape index (κ3) is 2.18. The Balaban J connectivity index is 2.08. The highest BCUT2D eigenvalue weighted by Crippen LogP contribution is 2.36. The number of hydrogen-bond acceptors (Lipinski definition) is 2. The van der Waals surface area contributed by atoms with E-state index in [4.69, 9.17) is 0 Å². The lowest BCUT2D eigenvalue weighted by Gasteiger charge is -2.42. The Hall–Kier alpha value is -1.36. The van der Waals surface area contributed by atoms with Crippen LogP contribution in [0, 0.1) is 6.92 Å². The predicted octanol–water partition coefficient (Wildman–Crippen LogP) is 2.87. The van der Waals surface area contributed by atoms with Gasteiger partial charge in [-0.1, -0.05) is 19.1 Å². The minimum atomic E-state index is -0.384. The molecular formula is C16H19BrN2O2. The topological polar surface area (TPSA) is 40.6 Å². The van der Waals surface area contributed by atoms with Crippen molar-refractivity contribution in [3.63, 3.8) is 0 Å². The number of carbonyl (C=O) groups is 2. The van der Waals surface area contributed by atoms with Crippen LogP contribution >= 0.6 is 15.9 Å². The second kappa shape index (κ2) is 5.44. The molecule has 2 amide bonds. The van der Waals surface area contributed by atoms with E-state index in [1.165, 1.54) is 0 Å². The summed E-state index contributed by atoms with van der Waals surface area (Å²) in [6, 6.07) is 5.18. The zero-order valence-electron chi connectivity index (χ0n) is 12.3. The van der Waals surface area contributed by atoms with Gasteiger partial charge < -0.3 is 4.90 Å². The summed E-state index contributed by atoms with van der Waals surface area (Å²) in [4.78, 5) is 29.1. The maximum absolute atomic E-state index is 12.9. The molecule has 0 bridgehead atoms. The van der Waals surface area contributed by atoms with Crippen molar-refractivity contribution in [3.8, 4) is 0 Å². The smallest absolute Gasteiger partial charge is 0.250 e. The quantitative estimate of drug-likeness (QED) is 0.822. The summed E-state index contributed by atoms with van der Waals surface area (Å²) in [5.74, 6) is 0.151. The first-order valence-electron chi connectivity index (χ1n) is 7.45. The fourth-order valence-corrected chi connectivity index (χ4v) is 3.82. The maximum Gasteiger partial charge on any atom is 0.250 e. The van der Waals surface area contributed by atoms with Gasteiger partial charge in [0.15, 0.2) is 0 Å². The monoisotopic (exact) mass is 350 g/mol. The zero-order valence-corrected chi connectivity index (χ0v) is 13.9. The molecule has 4 nitrogen and oxygen atoms in total. The number of amides is 2. The number of benzene rings is 1. The molecule has 2 unspecified atom stereocenters. The number of piperazine rings is 1. The van der Waals surface area contributed by atoms with Gasteiger partial charge >= 0.3 is 0 Å². The molecule has 2 saturated heterocycles. The van der Waals surface area contributed by atoms with E-state index in [0.29, 0.717) is 13.0 Å². The van der Waals surface area contributed by atoms with Gasteiger partial charge in [-0.05, 0) is 53.7 Å². The normalized spacial score (nSPS) is 25.5. The van der Waals surface area contributed by atoms with E-state index in [9.17, 15) is 9.59 Å². The standard InChI is InChI=1S/C16H19BrN2O2/c1-3-11-15(20)18-9-5-8-13(18)16(21)19(11)12-7-4-6-10(2)14(12)17/h4,6-7,11,13H,3,5,8-9H2,1-2H3. The van der Waals surface area contributed by atoms with Gasteiger partial charge in [0.1, 0.15) is 12.1 Å². The van der Waals surface area contributed by atoms with Gasteiger partial charge in [-0.2, -0.15) is 0 Å². The van der Waals surface area contributed by atoms with E-state index in [1.54, 1.807) is 9.80 Å². The van der Waals surface area contributed by atoms with Crippen molar-refractivity contribution in [2.24, 2.45) is 0 Å². The second-order valence-corrected chi connectivity index (χ2v) is 6.52. The molecule has 21 heavy (non-hydrogen) atoms. The number of halogens is 1. The number of carbonyl (C=O) groups excluding carboxylic acids is 2. The molecule has 2 atom stereocenters. The van der Waals surface area contributed by atoms with Gasteiger partial charge in [0.05, 0.1) is 5.69 Å². The summed E-state index contributed by atoms with van der Waals surface area (Å²) in [5, 5.41) is 0. The number of aryl methyl sites for hydroxylation is 1. The van der Waals surface area contributed by atoms with Crippen LogP contribution in [0.2, 0.25) is 0 Å². The minimum Gasteiger partial charge on any atom is -0.329 e. The van der Waals surface area contributed by atoms with E-state index < -0.39 is 0 Å². The molecule has 0 spiro atoms. The number of rotatable bonds is 2. The van der Waals surface area contributed by atoms with Crippen molar-refractivity contribution in [1.29, 1.82) is 0 Å². The molecule has 2 aliphatic heterocycles. The van der Waals surface area contributed by atoms with Gasteiger partial charge in [0.25, 0.3) is 5.91 Å². The molecule has 2 aliphatic rings. The molecule has 2 fully saturated rings. The van der Waals surface area contributed by atoms with Gasteiger partial charge in [0.2, 0.25) is 5.91 Å². The Morgan fingerprint density at radius 2 is 2.05 bits per heavy atom. The van der Waals surface area contributed by atoms with Gasteiger partial charge in [0, 0.05) is 11.0 Å². The van der Waals surface area contributed by atoms with Gasteiger partial charge in [-0.15, -0.1) is 0 Å². The fourth-order valence-electron chi connectivity index (χ4n) is 3.37. The fraction of sp³-hybridized carbons (Fsp3) is 0.500. The molecule has 3 rings (SSSR count). The third-order valence-corrected chi connectivity index (χ3v) is 5.50. The lowest BCUT2D eigenvalue weighted by molar-refractivity contribution is -0.144. The Morgan fingerprint density at radius 3 is 2.76 bits per heavy atom. The van der Waals surface area contributed by atoms with Crippen LogP contribution in [0.25, 0.3) is 0 Å². The number of fused-ring (bicyclic) bond motifs is 1. The lowest BCUT2D eigenvalue weighted by Crippen LogP contribution is -2.63. The van der Waals surface area contributed by atoms with Crippen LogP contribution < -0.4 is 4.90 Å². The van der Waals surface area contributed by atoms with E-state index in [-0.39, 0.29) is 23.9 Å². The molecular weight excluding hydrogens is 332 g/mol. The van der Waals surface area contributed by atoms with Crippen LogP contribution in [0.3, 0.4) is 0 Å². The van der Waals surface area contributed by atoms with Crippen LogP contribution in [0.1, 0.15) is 31.7 Å². The predicted molar refractivity (Wildman–Crippen MR) is 85.2 cm³/mol. The van der Waals surface area contributed by atoms with E-state index in [2.05, 4.69) is 15.9 Å². The summed E-state index contributed by atoms with van der Waals surface area (Å²) < 4.78 is 0.899. The molecule has 1 aromatic rings. The van der Waals surface area contributed by atoms with Crippen LogP contribution in [-0.2, 0) is 9.59 Å². The highest BCUT2D eigenvalue weighted by molar-refractivity contribution is 9.10. The minimum absolute atomic E-state index is 0.0604. The Kier molecular flexibility index (Phi) is 3.78. The maximum atomic E-state index is 12.9. The number of nitrogens with zero attached hydrogens (tertiary/aromatic N) is 2. The van der Waals surface area contributed by atoms with Crippen LogP contribution in [0.15, 0.2) is 22.7 Å². The average molecular weight is 351 g/mol. The Labute approximate surface area is 133 Å². The first-order chi connectivity index (χ1) is 10.1. The molecule has 1 aromatic carbocycles. The summed E-state index contributed by atoms with van der Waals surface area (Å²) in [6.07, 6.45) is 2.33. The molecule has 5 heteroatoms. The first-order valence-corrected chi connectivity index (χ1v) is 8.24. The third-order valence-electron chi connectivity index (χ3n) is 4.47. The lowest BCUT2D eigenvalue weighted by atomic mass is 10.0. The molecule has 2 heterocycles. The second-order valence-electron chi connectivity index (χ2n) is 5.73. The van der Waals surface area contributed by atoms with Crippen molar-refractivity contribution in [2.75, 3.05) is 11.4 Å². The van der Waals surface area contributed by atoms with E-state index >= 15 is 0 Å². The molecule has 0 N–H and O–H groups in total. The SMILES string of the molecule is CCC1C(=O)N2CCCC2C(=O)N1c1cccc(C)c1Br. The zero-order chi connectivity index (χ0) is 15.1. The molecule has 112 valence electrons. The van der Waals surface area contributed by atoms with Crippen molar-refractivity contribution in [2.45, 2.75) is 45.2 Å². The van der Waals surface area contributed by atoms with Gasteiger partial charge in [-0.25, -0.2) is 0 Å². The van der Waals surface area contributed by atoms with Crippen molar-refractivity contribution in [3.05, 3.63) is 28.2 Å². The number of hydrogen-bond donors (Lipinski definition) is 0. The van der Waals surface area contributed by atoms with Crippen LogP contribution in [0.5, 0.6) is 0 Å². The largest absolute Gasteiger partial charge is 0.329 e. The summed E-state index contributed by atoms with van der Waals surface area (Å²) in [6.45, 7) is 4.67. The number of anilines is 1. The van der Waals surface area contributed by atoms with Crippen LogP contribution in [-0.4, -0.2) is 35.3 Å². The first kappa shape index (κ1) is 14.6. The van der Waals surface area contributed by atoms with Crippen molar-refractivity contribution >= 4 is 33.4 Å². The molecule has 0 saturated carbocycles. The average Bonchev–Trinajstić information content (AvgIpc) is 2.96. The molecule has 0 aliphatic carbocycles. The van der Waals surface area contributed by atoms with E-state index in [0.717, 1.165) is 28.6 Å². The summed E-state index contributed by atoms with van der Waals surface area (Å²) in [7, 11) is 0. The Morgan fingerprint density at radius 1 is 1.29 bits per heavy atom. The Bertz CT molecular complexity index is 602. The molecule has 0 radical (unpaired) electrons. The van der Waals surface area contributed by atoms with Gasteiger partial charge in [-0.3, -0.25) is 14.5 Å². The van der Waals surface area contributed by atoms with Crippen molar-refractivity contribution < 1.29 is 9.59 Å². The summed E-state index contributed by atoms with van der Waals surface area (Å²) in [5.41, 5.74) is 1.88. The van der Waals surface area contributed by atoms with Crippen molar-refractivity contribution in [1.82, 2.24) is 4.90 Å². The summed E-state index contributed by atoms with van der Waals surface area (Å²) >= 11 is 3.57. The van der Waals surface area contributed by atoms with E-state index in [1.807, 2.05) is 32.0 Å². The van der Waals surface area contributed by atoms with Crippen LogP contribution in [0.4, 0.5) is 5.69 Å². The highest BCUT2D eigenvalue weighted by Gasteiger charge is 2.47. The highest BCUT2D eigenvalue weighted by atomic mass is 79.9. The molecule has 0 aromatic heterocycles.